The summed E-state index contributed by atoms with van der Waals surface area (Å²) in [5.41, 5.74) is 3.83. The highest BCUT2D eigenvalue weighted by atomic mass is 16.5. The van der Waals surface area contributed by atoms with Crippen molar-refractivity contribution in [2.75, 3.05) is 45.2 Å². The maximum Gasteiger partial charge on any atom is 0.191 e. The highest BCUT2D eigenvalue weighted by Gasteiger charge is 2.24. The molecule has 156 valence electrons. The number of hydrogen-bond donors (Lipinski definition) is 2. The van der Waals surface area contributed by atoms with Crippen LogP contribution in [0.4, 0.5) is 5.69 Å². The molecule has 29 heavy (non-hydrogen) atoms. The van der Waals surface area contributed by atoms with Crippen LogP contribution in [0.5, 0.6) is 5.75 Å². The number of benzene rings is 2. The predicted molar refractivity (Wildman–Crippen MR) is 122 cm³/mol. The number of aryl methyl sites for hydroxylation is 1. The van der Waals surface area contributed by atoms with Gasteiger partial charge in [-0.2, -0.15) is 0 Å². The number of para-hydroxylation sites is 2. The average Bonchev–Trinajstić information content (AvgIpc) is 3.23. The predicted octanol–water partition coefficient (Wildman–Crippen LogP) is 3.80. The van der Waals surface area contributed by atoms with Crippen LogP contribution in [0.1, 0.15) is 30.4 Å². The van der Waals surface area contributed by atoms with Gasteiger partial charge in [-0.25, -0.2) is 0 Å². The van der Waals surface area contributed by atoms with Crippen LogP contribution in [-0.2, 0) is 0 Å². The molecule has 0 radical (unpaired) electrons. The molecule has 1 saturated heterocycles. The molecule has 0 amide bonds. The molecule has 0 spiro atoms. The van der Waals surface area contributed by atoms with Crippen molar-refractivity contribution in [3.8, 4) is 5.75 Å². The maximum absolute atomic E-state index is 5.52. The van der Waals surface area contributed by atoms with Gasteiger partial charge >= 0.3 is 0 Å². The second-order valence-corrected chi connectivity index (χ2v) is 7.92. The molecular weight excluding hydrogens is 360 g/mol. The molecule has 1 heterocycles. The Bertz CT molecular complexity index is 803. The van der Waals surface area contributed by atoms with E-state index in [0.717, 1.165) is 37.9 Å². The fourth-order valence-electron chi connectivity index (χ4n) is 3.83. The Hall–Kier alpha value is -2.69. The van der Waals surface area contributed by atoms with Crippen LogP contribution in [0.2, 0.25) is 0 Å². The number of aliphatic imine (C=N–C) groups is 1. The zero-order valence-corrected chi connectivity index (χ0v) is 18.1. The number of guanidine groups is 1. The van der Waals surface area contributed by atoms with Gasteiger partial charge in [-0.05, 0) is 42.9 Å². The van der Waals surface area contributed by atoms with Gasteiger partial charge in [0.15, 0.2) is 5.96 Å². The second-order valence-electron chi connectivity index (χ2n) is 7.92. The molecule has 1 aliphatic rings. The van der Waals surface area contributed by atoms with Crippen molar-refractivity contribution in [1.29, 1.82) is 0 Å². The number of nitrogens with one attached hydrogen (secondary N) is 2. The summed E-state index contributed by atoms with van der Waals surface area (Å²) in [6.45, 7) is 8.24. The molecule has 2 atom stereocenters. The Morgan fingerprint density at radius 2 is 1.93 bits per heavy atom. The van der Waals surface area contributed by atoms with E-state index in [9.17, 15) is 0 Å². The van der Waals surface area contributed by atoms with Gasteiger partial charge in [-0.15, -0.1) is 0 Å². The van der Waals surface area contributed by atoms with Crippen LogP contribution in [0.25, 0.3) is 0 Å². The first-order valence-corrected chi connectivity index (χ1v) is 10.5. The maximum atomic E-state index is 5.52. The lowest BCUT2D eigenvalue weighted by Crippen LogP contribution is -2.41. The first-order valence-electron chi connectivity index (χ1n) is 10.5. The van der Waals surface area contributed by atoms with Crippen molar-refractivity contribution in [3.05, 3.63) is 59.7 Å². The summed E-state index contributed by atoms with van der Waals surface area (Å²) in [5.74, 6) is 2.85. The van der Waals surface area contributed by atoms with Crippen molar-refractivity contribution in [1.82, 2.24) is 10.6 Å². The first kappa shape index (κ1) is 21.0. The standard InChI is InChI=1S/C24H34N4O/c1-18-9-11-21(12-10-18)19(2)15-26-24(25-3)27-16-20-13-14-28(17-20)22-7-5-6-8-23(22)29-4/h5-12,19-20H,13-17H2,1-4H3,(H2,25,26,27). The molecule has 0 aromatic heterocycles. The molecule has 0 saturated carbocycles. The zero-order chi connectivity index (χ0) is 20.6. The Balaban J connectivity index is 1.45. The van der Waals surface area contributed by atoms with Crippen molar-refractivity contribution in [2.45, 2.75) is 26.2 Å². The van der Waals surface area contributed by atoms with Gasteiger partial charge in [0.05, 0.1) is 12.8 Å². The summed E-state index contributed by atoms with van der Waals surface area (Å²) in [6.07, 6.45) is 1.17. The molecule has 3 rings (SSSR count). The minimum absolute atomic E-state index is 0.432. The molecule has 0 bridgehead atoms. The third-order valence-corrected chi connectivity index (χ3v) is 5.72. The summed E-state index contributed by atoms with van der Waals surface area (Å²) in [7, 11) is 3.57. The monoisotopic (exact) mass is 394 g/mol. The summed E-state index contributed by atoms with van der Waals surface area (Å²) in [5, 5.41) is 6.98. The molecule has 1 aliphatic heterocycles. The SMILES string of the molecule is CN=C(NCC1CCN(c2ccccc2OC)C1)NCC(C)c1ccc(C)cc1. The number of nitrogens with zero attached hydrogens (tertiary/aromatic N) is 2. The van der Waals surface area contributed by atoms with Crippen molar-refractivity contribution in [3.63, 3.8) is 0 Å². The van der Waals surface area contributed by atoms with Gasteiger partial charge < -0.3 is 20.3 Å². The van der Waals surface area contributed by atoms with Crippen LogP contribution in [0.3, 0.4) is 0 Å². The number of anilines is 1. The second kappa shape index (κ2) is 10.2. The van der Waals surface area contributed by atoms with Crippen molar-refractivity contribution in [2.24, 2.45) is 10.9 Å². The Labute approximate surface area is 175 Å². The van der Waals surface area contributed by atoms with Crippen LogP contribution in [0, 0.1) is 12.8 Å². The van der Waals surface area contributed by atoms with Gasteiger partial charge in [-0.1, -0.05) is 48.9 Å². The van der Waals surface area contributed by atoms with E-state index >= 15 is 0 Å². The summed E-state index contributed by atoms with van der Waals surface area (Å²) >= 11 is 0. The minimum atomic E-state index is 0.432. The number of methoxy groups -OCH3 is 1. The van der Waals surface area contributed by atoms with E-state index in [1.54, 1.807) is 7.11 Å². The topological polar surface area (TPSA) is 48.9 Å². The van der Waals surface area contributed by atoms with Crippen molar-refractivity contribution < 1.29 is 4.74 Å². The smallest absolute Gasteiger partial charge is 0.191 e. The lowest BCUT2D eigenvalue weighted by atomic mass is 10.0. The lowest BCUT2D eigenvalue weighted by Gasteiger charge is -2.22. The van der Waals surface area contributed by atoms with E-state index in [4.69, 9.17) is 4.74 Å². The Morgan fingerprint density at radius 3 is 2.66 bits per heavy atom. The van der Waals surface area contributed by atoms with Gasteiger partial charge in [0.2, 0.25) is 0 Å². The molecule has 1 fully saturated rings. The van der Waals surface area contributed by atoms with Crippen LogP contribution in [0.15, 0.2) is 53.5 Å². The number of rotatable bonds is 7. The van der Waals surface area contributed by atoms with Crippen LogP contribution < -0.4 is 20.3 Å². The molecule has 5 nitrogen and oxygen atoms in total. The molecule has 2 aromatic carbocycles. The zero-order valence-electron chi connectivity index (χ0n) is 18.1. The third kappa shape index (κ3) is 5.66. The molecule has 5 heteroatoms. The van der Waals surface area contributed by atoms with E-state index in [0.29, 0.717) is 11.8 Å². The van der Waals surface area contributed by atoms with E-state index in [1.807, 2.05) is 19.2 Å². The summed E-state index contributed by atoms with van der Waals surface area (Å²) in [4.78, 5) is 6.81. The number of hydrogen-bond acceptors (Lipinski definition) is 3. The Kier molecular flexibility index (Phi) is 7.39. The molecule has 2 aromatic rings. The van der Waals surface area contributed by atoms with E-state index in [2.05, 4.69) is 70.8 Å². The number of ether oxygens (including phenoxy) is 1. The molecule has 2 unspecified atom stereocenters. The van der Waals surface area contributed by atoms with Crippen molar-refractivity contribution >= 4 is 11.6 Å². The quantitative estimate of drug-likeness (QED) is 0.554. The Morgan fingerprint density at radius 1 is 1.17 bits per heavy atom. The normalized spacial score (nSPS) is 17.9. The lowest BCUT2D eigenvalue weighted by molar-refractivity contribution is 0.414. The summed E-state index contributed by atoms with van der Waals surface area (Å²) in [6, 6.07) is 17.0. The fourth-order valence-corrected chi connectivity index (χ4v) is 3.83. The molecular formula is C24H34N4O. The van der Waals surface area contributed by atoms with Gasteiger partial charge in [0, 0.05) is 33.2 Å². The van der Waals surface area contributed by atoms with Gasteiger partial charge in [0.1, 0.15) is 5.75 Å². The molecule has 0 aliphatic carbocycles. The fraction of sp³-hybridized carbons (Fsp3) is 0.458. The van der Waals surface area contributed by atoms with Crippen LogP contribution in [-0.4, -0.2) is 46.3 Å². The van der Waals surface area contributed by atoms with E-state index in [-0.39, 0.29) is 0 Å². The van der Waals surface area contributed by atoms with Gasteiger partial charge in [-0.3, -0.25) is 4.99 Å². The largest absolute Gasteiger partial charge is 0.495 e. The minimum Gasteiger partial charge on any atom is -0.495 e. The van der Waals surface area contributed by atoms with E-state index < -0.39 is 0 Å². The molecule has 2 N–H and O–H groups in total. The average molecular weight is 395 g/mol. The van der Waals surface area contributed by atoms with Crippen LogP contribution >= 0.6 is 0 Å². The first-order chi connectivity index (χ1) is 14.1. The van der Waals surface area contributed by atoms with Gasteiger partial charge in [0.25, 0.3) is 0 Å². The van der Waals surface area contributed by atoms with E-state index in [1.165, 1.54) is 23.2 Å². The highest BCUT2D eigenvalue weighted by Crippen LogP contribution is 2.31. The summed E-state index contributed by atoms with van der Waals surface area (Å²) < 4.78 is 5.52. The highest BCUT2D eigenvalue weighted by molar-refractivity contribution is 5.79. The third-order valence-electron chi connectivity index (χ3n) is 5.72.